The van der Waals surface area contributed by atoms with Crippen LogP contribution in [-0.4, -0.2) is 35.9 Å². The molecule has 0 saturated heterocycles. The topological polar surface area (TPSA) is 103 Å². The van der Waals surface area contributed by atoms with Gasteiger partial charge >= 0.3 is 11.9 Å². The first-order chi connectivity index (χ1) is 8.61. The first-order valence-electron chi connectivity index (χ1n) is 6.19. The number of hydrogen-bond acceptors (Lipinski definition) is 7. The fraction of sp³-hybridized carbons (Fsp3) is 0.833. The van der Waals surface area contributed by atoms with Gasteiger partial charge in [-0.15, -0.1) is 0 Å². The smallest absolute Gasteiger partial charge is 0.323 e. The molecule has 0 aliphatic carbocycles. The normalized spacial score (nSPS) is 17.7. The molecule has 2 N–H and O–H groups in total. The largest absolute Gasteiger partial charge is 0.464 e. The molecule has 0 amide bonds. The second-order valence-electron chi connectivity index (χ2n) is 5.73. The van der Waals surface area contributed by atoms with Crippen molar-refractivity contribution in [3.63, 3.8) is 0 Å². The van der Waals surface area contributed by atoms with E-state index in [-0.39, 0.29) is 13.0 Å². The molecule has 0 fully saturated rings. The van der Waals surface area contributed by atoms with E-state index >= 15 is 0 Å². The molecule has 1 atom stereocenters. The van der Waals surface area contributed by atoms with E-state index in [0.29, 0.717) is 6.42 Å². The van der Waals surface area contributed by atoms with E-state index in [1.165, 1.54) is 0 Å². The number of hydrogen-bond donors (Lipinski definition) is 1. The Morgan fingerprint density at radius 1 is 1.32 bits per heavy atom. The van der Waals surface area contributed by atoms with Gasteiger partial charge in [0.15, 0.2) is 5.66 Å². The van der Waals surface area contributed by atoms with Crippen LogP contribution >= 0.6 is 0 Å². The minimum absolute atomic E-state index is 0.185. The second kappa shape index (κ2) is 5.64. The van der Waals surface area contributed by atoms with Gasteiger partial charge in [0, 0.05) is 6.42 Å². The van der Waals surface area contributed by atoms with Crippen LogP contribution in [0.25, 0.3) is 0 Å². The van der Waals surface area contributed by atoms with Crippen LogP contribution in [0.5, 0.6) is 0 Å². The number of ether oxygens (including phenoxy) is 2. The molecule has 19 heavy (non-hydrogen) atoms. The molecule has 0 aromatic heterocycles. The van der Waals surface area contributed by atoms with Crippen LogP contribution in [0.15, 0.2) is 10.2 Å². The molecular formula is C12H21N3O4. The fourth-order valence-corrected chi connectivity index (χ4v) is 1.28. The zero-order valence-electron chi connectivity index (χ0n) is 11.8. The molecule has 7 heteroatoms. The summed E-state index contributed by atoms with van der Waals surface area (Å²) in [4.78, 5) is 23.0. The Balaban J connectivity index is 2.22. The molecule has 7 nitrogen and oxygen atoms in total. The quantitative estimate of drug-likeness (QED) is 0.730. The lowest BCUT2D eigenvalue weighted by atomic mass is 10.1. The van der Waals surface area contributed by atoms with Gasteiger partial charge in [-0.3, -0.25) is 9.59 Å². The third kappa shape index (κ3) is 6.28. The maximum absolute atomic E-state index is 11.5. The lowest BCUT2D eigenvalue weighted by Crippen LogP contribution is -2.37. The molecule has 108 valence electrons. The Bertz CT molecular complexity index is 381. The van der Waals surface area contributed by atoms with Crippen molar-refractivity contribution < 1.29 is 19.1 Å². The van der Waals surface area contributed by atoms with Crippen LogP contribution in [0.1, 0.15) is 40.5 Å². The molecule has 1 aliphatic rings. The minimum Gasteiger partial charge on any atom is -0.464 e. The number of carbonyl (C=O) groups excluding carboxylic acids is 2. The van der Waals surface area contributed by atoms with Gasteiger partial charge in [-0.25, -0.2) is 0 Å². The first-order valence-corrected chi connectivity index (χ1v) is 6.19. The average Bonchev–Trinajstić information content (AvgIpc) is 2.93. The number of nitrogens with two attached hydrogens (primary N) is 1. The van der Waals surface area contributed by atoms with E-state index in [2.05, 4.69) is 10.2 Å². The van der Waals surface area contributed by atoms with Crippen molar-refractivity contribution in [2.75, 3.05) is 6.61 Å². The highest BCUT2D eigenvalue weighted by Crippen LogP contribution is 2.30. The monoisotopic (exact) mass is 271 g/mol. The number of carbonyl (C=O) groups is 2. The van der Waals surface area contributed by atoms with Crippen LogP contribution in [-0.2, 0) is 19.1 Å². The van der Waals surface area contributed by atoms with Gasteiger partial charge in [-0.1, -0.05) is 0 Å². The van der Waals surface area contributed by atoms with Crippen LogP contribution < -0.4 is 5.73 Å². The van der Waals surface area contributed by atoms with Crippen LogP contribution in [0.2, 0.25) is 0 Å². The van der Waals surface area contributed by atoms with Crippen molar-refractivity contribution in [3.05, 3.63) is 0 Å². The van der Waals surface area contributed by atoms with Crippen molar-refractivity contribution in [3.8, 4) is 0 Å². The highest BCUT2D eigenvalue weighted by molar-refractivity contribution is 5.82. The summed E-state index contributed by atoms with van der Waals surface area (Å²) >= 11 is 0. The Labute approximate surface area is 112 Å². The third-order valence-corrected chi connectivity index (χ3v) is 2.37. The van der Waals surface area contributed by atoms with Gasteiger partial charge in [0.1, 0.15) is 11.6 Å². The van der Waals surface area contributed by atoms with Gasteiger partial charge in [-0.2, -0.15) is 10.2 Å². The molecule has 0 saturated carbocycles. The van der Waals surface area contributed by atoms with Crippen molar-refractivity contribution in [2.45, 2.75) is 57.8 Å². The molecule has 0 radical (unpaired) electrons. The van der Waals surface area contributed by atoms with Crippen molar-refractivity contribution in [1.82, 2.24) is 0 Å². The lowest BCUT2D eigenvalue weighted by Gasteiger charge is -2.20. The first kappa shape index (κ1) is 15.6. The summed E-state index contributed by atoms with van der Waals surface area (Å²) in [5.74, 6) is -1.13. The zero-order valence-corrected chi connectivity index (χ0v) is 11.8. The SMILES string of the molecule is CC1(CCOC(=O)[C@@H](N)CC(=O)OC(C)(C)C)N=N1. The van der Waals surface area contributed by atoms with E-state index in [9.17, 15) is 9.59 Å². The minimum atomic E-state index is -1.00. The van der Waals surface area contributed by atoms with Gasteiger partial charge in [0.05, 0.1) is 13.0 Å². The summed E-state index contributed by atoms with van der Waals surface area (Å²) < 4.78 is 10.0. The predicted molar refractivity (Wildman–Crippen MR) is 67.3 cm³/mol. The number of nitrogens with zero attached hydrogens (tertiary/aromatic N) is 2. The van der Waals surface area contributed by atoms with E-state index in [0.717, 1.165) is 0 Å². The zero-order chi connectivity index (χ0) is 14.7. The second-order valence-corrected chi connectivity index (χ2v) is 5.73. The summed E-state index contributed by atoms with van der Waals surface area (Å²) in [6.07, 6.45) is 0.333. The molecule has 0 bridgehead atoms. The Morgan fingerprint density at radius 3 is 2.37 bits per heavy atom. The fourth-order valence-electron chi connectivity index (χ4n) is 1.28. The van der Waals surface area contributed by atoms with Crippen molar-refractivity contribution >= 4 is 11.9 Å². The maximum atomic E-state index is 11.5. The molecule has 1 aliphatic heterocycles. The van der Waals surface area contributed by atoms with Crippen LogP contribution in [0.4, 0.5) is 0 Å². The Kier molecular flexibility index (Phi) is 4.62. The van der Waals surface area contributed by atoms with Crippen LogP contribution in [0.3, 0.4) is 0 Å². The summed E-state index contributed by atoms with van der Waals surface area (Å²) in [5, 5.41) is 7.59. The van der Waals surface area contributed by atoms with Gasteiger partial charge < -0.3 is 15.2 Å². The van der Waals surface area contributed by atoms with Crippen LogP contribution in [0, 0.1) is 0 Å². The molecule has 1 heterocycles. The molecule has 0 aromatic rings. The lowest BCUT2D eigenvalue weighted by molar-refractivity contribution is -0.159. The Hall–Kier alpha value is -1.50. The van der Waals surface area contributed by atoms with Crippen molar-refractivity contribution in [1.29, 1.82) is 0 Å². The van der Waals surface area contributed by atoms with Gasteiger partial charge in [0.2, 0.25) is 0 Å². The molecule has 0 unspecified atom stereocenters. The maximum Gasteiger partial charge on any atom is 0.323 e. The third-order valence-electron chi connectivity index (χ3n) is 2.37. The molecule has 0 aromatic carbocycles. The van der Waals surface area contributed by atoms with Crippen molar-refractivity contribution in [2.24, 2.45) is 16.0 Å². The van der Waals surface area contributed by atoms with Gasteiger partial charge in [-0.05, 0) is 27.7 Å². The van der Waals surface area contributed by atoms with Gasteiger partial charge in [0.25, 0.3) is 0 Å². The summed E-state index contributed by atoms with van der Waals surface area (Å²) in [6, 6.07) is -1.00. The molecule has 1 rings (SSSR count). The molecule has 0 spiro atoms. The highest BCUT2D eigenvalue weighted by Gasteiger charge is 2.34. The number of rotatable bonds is 6. The van der Waals surface area contributed by atoms with E-state index < -0.39 is 29.2 Å². The summed E-state index contributed by atoms with van der Waals surface area (Å²) in [5.41, 5.74) is 4.58. The van der Waals surface area contributed by atoms with E-state index in [4.69, 9.17) is 15.2 Å². The highest BCUT2D eigenvalue weighted by atomic mass is 16.6. The molecular weight excluding hydrogens is 250 g/mol. The predicted octanol–water partition coefficient (Wildman–Crippen LogP) is 1.16. The average molecular weight is 271 g/mol. The summed E-state index contributed by atoms with van der Waals surface area (Å²) in [7, 11) is 0. The standard InChI is InChI=1S/C12H21N3O4/c1-11(2,3)19-9(16)7-8(13)10(17)18-6-5-12(4)14-15-12/h8H,5-7,13H2,1-4H3/t8-/m0/s1. The summed E-state index contributed by atoms with van der Waals surface area (Å²) in [6.45, 7) is 7.26. The van der Waals surface area contributed by atoms with E-state index in [1.54, 1.807) is 20.8 Å². The Morgan fingerprint density at radius 2 is 1.89 bits per heavy atom. The number of esters is 2. The van der Waals surface area contributed by atoms with E-state index in [1.807, 2.05) is 6.92 Å².